The number of carbonyl (C=O) groups excluding carboxylic acids is 2. The number of hydrogen-bond donors (Lipinski definition) is 1. The number of halogens is 2. The number of amides is 2. The third kappa shape index (κ3) is 7.68. The van der Waals surface area contributed by atoms with Crippen molar-refractivity contribution in [3.05, 3.63) is 88.4 Å². The van der Waals surface area contributed by atoms with Gasteiger partial charge in [0.15, 0.2) is 0 Å². The Morgan fingerprint density at radius 2 is 1.55 bits per heavy atom. The molecule has 1 N–H and O–H groups in total. The van der Waals surface area contributed by atoms with Crippen LogP contribution in [0.1, 0.15) is 32.8 Å². The molecule has 2 amide bonds. The van der Waals surface area contributed by atoms with Crippen molar-refractivity contribution in [2.75, 3.05) is 24.0 Å². The molecule has 0 radical (unpaired) electrons. The molecule has 0 fully saturated rings. The van der Waals surface area contributed by atoms with Gasteiger partial charge in [0.2, 0.25) is 11.8 Å². The summed E-state index contributed by atoms with van der Waals surface area (Å²) < 4.78 is 34.2. The van der Waals surface area contributed by atoms with Crippen LogP contribution < -0.4 is 14.4 Å². The van der Waals surface area contributed by atoms with Gasteiger partial charge >= 0.3 is 0 Å². The minimum absolute atomic E-state index is 0.0196. The van der Waals surface area contributed by atoms with E-state index in [1.165, 1.54) is 17.0 Å². The van der Waals surface area contributed by atoms with Crippen molar-refractivity contribution < 1.29 is 22.7 Å². The van der Waals surface area contributed by atoms with Gasteiger partial charge in [0, 0.05) is 28.7 Å². The van der Waals surface area contributed by atoms with Crippen LogP contribution in [-0.2, 0) is 26.2 Å². The first kappa shape index (κ1) is 31.3. The first-order chi connectivity index (χ1) is 19.1. The number of anilines is 1. The molecule has 1 atom stereocenters. The zero-order chi connectivity index (χ0) is 29.3. The number of ether oxygens (including phenoxy) is 1. The number of sulfonamides is 1. The highest BCUT2D eigenvalue weighted by Crippen LogP contribution is 2.29. The van der Waals surface area contributed by atoms with E-state index in [4.69, 9.17) is 27.9 Å². The van der Waals surface area contributed by atoms with Gasteiger partial charge in [0.25, 0.3) is 10.0 Å². The molecule has 3 rings (SSSR count). The molecule has 0 unspecified atom stereocenters. The first-order valence-corrected chi connectivity index (χ1v) is 15.1. The first-order valence-electron chi connectivity index (χ1n) is 12.9. The Morgan fingerprint density at radius 3 is 2.12 bits per heavy atom. The molecule has 0 aromatic heterocycles. The Balaban J connectivity index is 2.04. The fourth-order valence-electron chi connectivity index (χ4n) is 3.96. The van der Waals surface area contributed by atoms with Crippen LogP contribution in [0.3, 0.4) is 0 Å². The van der Waals surface area contributed by atoms with Crippen molar-refractivity contribution in [3.8, 4) is 5.75 Å². The molecule has 0 bridgehead atoms. The predicted molar refractivity (Wildman–Crippen MR) is 158 cm³/mol. The van der Waals surface area contributed by atoms with Crippen LogP contribution in [-0.4, -0.2) is 50.9 Å². The molecule has 0 saturated heterocycles. The van der Waals surface area contributed by atoms with E-state index in [2.05, 4.69) is 5.32 Å². The standard InChI is InChI=1S/C29H33Cl2N3O5S/c1-4-18-32-29(36)21(3)33(19-25-26(30)12-9-13-27(25)31)28(35)20-34(22-14-16-23(17-15-22)39-5-2)40(37,38)24-10-7-6-8-11-24/h6-17,21H,4-5,18-20H2,1-3H3,(H,32,36)/t21-/m0/s1. The van der Waals surface area contributed by atoms with Gasteiger partial charge in [-0.1, -0.05) is 54.4 Å². The van der Waals surface area contributed by atoms with Crippen molar-refractivity contribution in [1.29, 1.82) is 0 Å². The molecular weight excluding hydrogens is 573 g/mol. The highest BCUT2D eigenvalue weighted by atomic mass is 35.5. The van der Waals surface area contributed by atoms with Gasteiger partial charge in [-0.3, -0.25) is 13.9 Å². The third-order valence-corrected chi connectivity index (χ3v) is 8.65. The minimum Gasteiger partial charge on any atom is -0.494 e. The molecule has 0 aliphatic carbocycles. The number of benzene rings is 3. The van der Waals surface area contributed by atoms with Gasteiger partial charge in [-0.15, -0.1) is 0 Å². The lowest BCUT2D eigenvalue weighted by Gasteiger charge is -2.32. The van der Waals surface area contributed by atoms with Gasteiger partial charge in [0.05, 0.1) is 17.2 Å². The van der Waals surface area contributed by atoms with Gasteiger partial charge in [-0.25, -0.2) is 8.42 Å². The van der Waals surface area contributed by atoms with E-state index in [0.717, 1.165) is 4.31 Å². The van der Waals surface area contributed by atoms with Crippen LogP contribution in [0.2, 0.25) is 10.0 Å². The third-order valence-electron chi connectivity index (χ3n) is 6.15. The van der Waals surface area contributed by atoms with Crippen molar-refractivity contribution in [2.24, 2.45) is 0 Å². The van der Waals surface area contributed by atoms with Crippen molar-refractivity contribution in [2.45, 2.75) is 44.7 Å². The molecule has 3 aromatic carbocycles. The van der Waals surface area contributed by atoms with Crippen LogP contribution in [0.15, 0.2) is 77.7 Å². The Morgan fingerprint density at radius 1 is 0.925 bits per heavy atom. The number of rotatable bonds is 13. The fraction of sp³-hybridized carbons (Fsp3) is 0.310. The monoisotopic (exact) mass is 605 g/mol. The average molecular weight is 607 g/mol. The summed E-state index contributed by atoms with van der Waals surface area (Å²) >= 11 is 12.8. The van der Waals surface area contributed by atoms with Crippen molar-refractivity contribution in [1.82, 2.24) is 10.2 Å². The van der Waals surface area contributed by atoms with E-state index in [0.29, 0.717) is 40.9 Å². The maximum atomic E-state index is 14.0. The van der Waals surface area contributed by atoms with E-state index < -0.39 is 28.5 Å². The van der Waals surface area contributed by atoms with Gasteiger partial charge in [-0.05, 0) is 68.8 Å². The average Bonchev–Trinajstić information content (AvgIpc) is 2.95. The minimum atomic E-state index is -4.16. The summed E-state index contributed by atoms with van der Waals surface area (Å²) in [6.07, 6.45) is 0.712. The molecule has 0 saturated carbocycles. The summed E-state index contributed by atoms with van der Waals surface area (Å²) in [7, 11) is -4.16. The van der Waals surface area contributed by atoms with E-state index >= 15 is 0 Å². The highest BCUT2D eigenvalue weighted by Gasteiger charge is 2.33. The predicted octanol–water partition coefficient (Wildman–Crippen LogP) is 5.53. The SMILES string of the molecule is CCCNC(=O)[C@H](C)N(Cc1c(Cl)cccc1Cl)C(=O)CN(c1ccc(OCC)cc1)S(=O)(=O)c1ccccc1. The molecule has 8 nitrogen and oxygen atoms in total. The number of hydrogen-bond acceptors (Lipinski definition) is 5. The quantitative estimate of drug-likeness (QED) is 0.276. The lowest BCUT2D eigenvalue weighted by Crippen LogP contribution is -2.51. The lowest BCUT2D eigenvalue weighted by atomic mass is 10.1. The maximum Gasteiger partial charge on any atom is 0.264 e. The van der Waals surface area contributed by atoms with Crippen LogP contribution >= 0.6 is 23.2 Å². The van der Waals surface area contributed by atoms with Crippen LogP contribution in [0.4, 0.5) is 5.69 Å². The molecule has 11 heteroatoms. The van der Waals surface area contributed by atoms with E-state index in [9.17, 15) is 18.0 Å². The molecule has 0 aliphatic rings. The van der Waals surface area contributed by atoms with Crippen molar-refractivity contribution in [3.63, 3.8) is 0 Å². The summed E-state index contributed by atoms with van der Waals surface area (Å²) in [5, 5.41) is 3.45. The largest absolute Gasteiger partial charge is 0.494 e. The smallest absolute Gasteiger partial charge is 0.264 e. The second kappa shape index (κ2) is 14.4. The van der Waals surface area contributed by atoms with Crippen molar-refractivity contribution >= 4 is 50.7 Å². The second-order valence-electron chi connectivity index (χ2n) is 8.94. The number of carbonyl (C=O) groups is 2. The molecule has 214 valence electrons. The Labute approximate surface area is 245 Å². The zero-order valence-corrected chi connectivity index (χ0v) is 25.0. The lowest BCUT2D eigenvalue weighted by molar-refractivity contribution is -0.139. The second-order valence-corrected chi connectivity index (χ2v) is 11.6. The molecule has 3 aromatic rings. The summed E-state index contributed by atoms with van der Waals surface area (Å²) in [5.41, 5.74) is 0.715. The highest BCUT2D eigenvalue weighted by molar-refractivity contribution is 7.92. The molecule has 0 aliphatic heterocycles. The number of nitrogens with one attached hydrogen (secondary N) is 1. The fourth-order valence-corrected chi connectivity index (χ4v) is 5.91. The maximum absolute atomic E-state index is 14.0. The number of nitrogens with zero attached hydrogens (tertiary/aromatic N) is 2. The summed E-state index contributed by atoms with van der Waals surface area (Å²) in [6.45, 7) is 5.55. The topological polar surface area (TPSA) is 96.0 Å². The molecule has 40 heavy (non-hydrogen) atoms. The van der Waals surface area contributed by atoms with Crippen LogP contribution in [0, 0.1) is 0 Å². The van der Waals surface area contributed by atoms with Gasteiger partial charge in [0.1, 0.15) is 18.3 Å². The van der Waals surface area contributed by atoms with Crippen LogP contribution in [0.25, 0.3) is 0 Å². The summed E-state index contributed by atoms with van der Waals surface area (Å²) in [5.74, 6) is -0.425. The van der Waals surface area contributed by atoms with Gasteiger partial charge in [-0.2, -0.15) is 0 Å². The van der Waals surface area contributed by atoms with E-state index in [1.54, 1.807) is 67.6 Å². The Hall–Kier alpha value is -3.27. The van der Waals surface area contributed by atoms with Gasteiger partial charge < -0.3 is 15.0 Å². The Bertz CT molecular complexity index is 1380. The van der Waals surface area contributed by atoms with E-state index in [1.807, 2.05) is 13.8 Å². The summed E-state index contributed by atoms with van der Waals surface area (Å²) in [4.78, 5) is 28.2. The zero-order valence-electron chi connectivity index (χ0n) is 22.6. The van der Waals surface area contributed by atoms with Crippen LogP contribution in [0.5, 0.6) is 5.75 Å². The summed E-state index contributed by atoms with van der Waals surface area (Å²) in [6, 6.07) is 18.3. The molecular formula is C29H33Cl2N3O5S. The molecule has 0 spiro atoms. The molecule has 0 heterocycles. The Kier molecular flexibility index (Phi) is 11.2. The normalized spacial score (nSPS) is 11.9. The van der Waals surface area contributed by atoms with E-state index in [-0.39, 0.29) is 23.0 Å².